The predicted molar refractivity (Wildman–Crippen MR) is 83.8 cm³/mol. The smallest absolute Gasteiger partial charge is 0.305 e. The Balaban J connectivity index is 3.43. The number of carbonyl (C=O) groups is 1. The van der Waals surface area contributed by atoms with Gasteiger partial charge in [0.25, 0.3) is 0 Å². The Morgan fingerprint density at radius 3 is 2.35 bits per heavy atom. The van der Waals surface area contributed by atoms with E-state index in [1.165, 1.54) is 32.1 Å². The quantitative estimate of drug-likeness (QED) is 0.342. The fourth-order valence-corrected chi connectivity index (χ4v) is 2.23. The zero-order valence-electron chi connectivity index (χ0n) is 13.8. The Morgan fingerprint density at radius 1 is 1.00 bits per heavy atom. The van der Waals surface area contributed by atoms with E-state index in [1.807, 2.05) is 0 Å². The highest BCUT2D eigenvalue weighted by Crippen LogP contribution is 2.13. The highest BCUT2D eigenvalue weighted by Gasteiger charge is 2.09. The summed E-state index contributed by atoms with van der Waals surface area (Å²) in [6.45, 7) is 5.83. The van der Waals surface area contributed by atoms with Crippen molar-refractivity contribution in [2.24, 2.45) is 5.92 Å². The highest BCUT2D eigenvalue weighted by atomic mass is 16.5. The van der Waals surface area contributed by atoms with E-state index in [2.05, 4.69) is 13.8 Å². The third-order valence-corrected chi connectivity index (χ3v) is 3.75. The van der Waals surface area contributed by atoms with Gasteiger partial charge in [-0.25, -0.2) is 0 Å². The number of methoxy groups -OCH3 is 1. The van der Waals surface area contributed by atoms with Gasteiger partial charge in [-0.1, -0.05) is 52.4 Å². The topological polar surface area (TPSA) is 35.5 Å². The van der Waals surface area contributed by atoms with E-state index >= 15 is 0 Å². The molecule has 0 N–H and O–H groups in total. The van der Waals surface area contributed by atoms with Crippen LogP contribution < -0.4 is 0 Å². The molecule has 1 unspecified atom stereocenters. The summed E-state index contributed by atoms with van der Waals surface area (Å²) in [6.07, 6.45) is 10.9. The maximum absolute atomic E-state index is 11.6. The number of carbonyl (C=O) groups excluding carboxylic acids is 1. The van der Waals surface area contributed by atoms with Crippen LogP contribution in [-0.2, 0) is 14.3 Å². The fourth-order valence-electron chi connectivity index (χ4n) is 2.23. The Labute approximate surface area is 125 Å². The van der Waals surface area contributed by atoms with Crippen LogP contribution in [0.3, 0.4) is 0 Å². The van der Waals surface area contributed by atoms with Crippen LogP contribution in [0, 0.1) is 5.92 Å². The van der Waals surface area contributed by atoms with Crippen molar-refractivity contribution >= 4 is 5.97 Å². The normalized spacial score (nSPS) is 12.3. The third-order valence-electron chi connectivity index (χ3n) is 3.75. The first-order valence-corrected chi connectivity index (χ1v) is 8.39. The van der Waals surface area contributed by atoms with Crippen molar-refractivity contribution in [1.29, 1.82) is 0 Å². The zero-order valence-corrected chi connectivity index (χ0v) is 13.8. The first-order chi connectivity index (χ1) is 9.74. The molecule has 0 aromatic carbocycles. The summed E-state index contributed by atoms with van der Waals surface area (Å²) in [5, 5.41) is 0. The minimum Gasteiger partial charge on any atom is -0.465 e. The van der Waals surface area contributed by atoms with Crippen LogP contribution in [0.5, 0.6) is 0 Å². The molecule has 3 nitrogen and oxygen atoms in total. The summed E-state index contributed by atoms with van der Waals surface area (Å²) in [5.41, 5.74) is 0. The predicted octanol–water partition coefficient (Wildman–Crippen LogP) is 4.73. The van der Waals surface area contributed by atoms with Crippen molar-refractivity contribution < 1.29 is 14.3 Å². The number of ether oxygens (including phenoxy) is 2. The van der Waals surface area contributed by atoms with Gasteiger partial charge in [-0.15, -0.1) is 0 Å². The zero-order chi connectivity index (χ0) is 15.1. The number of unbranched alkanes of at least 4 members (excludes halogenated alkanes) is 5. The molecule has 0 aliphatic heterocycles. The summed E-state index contributed by atoms with van der Waals surface area (Å²) in [5.74, 6) is 0.532. The summed E-state index contributed by atoms with van der Waals surface area (Å²) in [6, 6.07) is 0. The Bertz CT molecular complexity index is 216. The van der Waals surface area contributed by atoms with Crippen LogP contribution in [0.2, 0.25) is 0 Å². The van der Waals surface area contributed by atoms with Crippen molar-refractivity contribution in [1.82, 2.24) is 0 Å². The maximum Gasteiger partial charge on any atom is 0.305 e. The lowest BCUT2D eigenvalue weighted by molar-refractivity contribution is -0.145. The van der Waals surface area contributed by atoms with E-state index < -0.39 is 0 Å². The van der Waals surface area contributed by atoms with Crippen LogP contribution in [0.25, 0.3) is 0 Å². The largest absolute Gasteiger partial charge is 0.465 e. The van der Waals surface area contributed by atoms with Gasteiger partial charge in [-0.05, 0) is 25.2 Å². The molecule has 0 fully saturated rings. The lowest BCUT2D eigenvalue weighted by Gasteiger charge is -2.14. The first-order valence-electron chi connectivity index (χ1n) is 8.39. The van der Waals surface area contributed by atoms with Gasteiger partial charge in [0.15, 0.2) is 0 Å². The van der Waals surface area contributed by atoms with Gasteiger partial charge >= 0.3 is 5.97 Å². The molecule has 0 aliphatic rings. The molecule has 0 aliphatic carbocycles. The molecule has 20 heavy (non-hydrogen) atoms. The van der Waals surface area contributed by atoms with Gasteiger partial charge in [0, 0.05) is 20.1 Å². The molecule has 0 radical (unpaired) electrons. The van der Waals surface area contributed by atoms with Crippen molar-refractivity contribution in [3.05, 3.63) is 0 Å². The average Bonchev–Trinajstić information content (AvgIpc) is 2.46. The molecule has 120 valence electrons. The van der Waals surface area contributed by atoms with E-state index in [4.69, 9.17) is 9.47 Å². The number of esters is 1. The van der Waals surface area contributed by atoms with Crippen LogP contribution >= 0.6 is 0 Å². The van der Waals surface area contributed by atoms with Gasteiger partial charge in [0.05, 0.1) is 6.61 Å². The van der Waals surface area contributed by atoms with Gasteiger partial charge in [0.2, 0.25) is 0 Å². The summed E-state index contributed by atoms with van der Waals surface area (Å²) in [7, 11) is 1.74. The van der Waals surface area contributed by atoms with Crippen molar-refractivity contribution in [2.45, 2.75) is 78.1 Å². The maximum atomic E-state index is 11.6. The molecule has 0 saturated carbocycles. The molecule has 0 aromatic heterocycles. The van der Waals surface area contributed by atoms with Crippen LogP contribution in [-0.4, -0.2) is 26.3 Å². The summed E-state index contributed by atoms with van der Waals surface area (Å²) >= 11 is 0. The van der Waals surface area contributed by atoms with Gasteiger partial charge < -0.3 is 9.47 Å². The number of rotatable bonds is 14. The van der Waals surface area contributed by atoms with Crippen molar-refractivity contribution in [2.75, 3.05) is 20.3 Å². The third kappa shape index (κ3) is 12.5. The molecule has 0 saturated heterocycles. The minimum absolute atomic E-state index is 0.0168. The molecule has 0 aromatic rings. The van der Waals surface area contributed by atoms with E-state index in [9.17, 15) is 4.79 Å². The van der Waals surface area contributed by atoms with Crippen molar-refractivity contribution in [3.63, 3.8) is 0 Å². The monoisotopic (exact) mass is 286 g/mol. The second-order valence-electron chi connectivity index (χ2n) is 5.61. The Hall–Kier alpha value is -0.570. The summed E-state index contributed by atoms with van der Waals surface area (Å²) < 4.78 is 10.4. The standard InChI is InChI=1S/C17H34O3/c1-4-6-12-16(5-2)15-20-17(18)13-10-8-7-9-11-14-19-3/h16H,4-15H2,1-3H3. The fraction of sp³-hybridized carbons (Fsp3) is 0.941. The van der Waals surface area contributed by atoms with E-state index in [1.54, 1.807) is 7.11 Å². The van der Waals surface area contributed by atoms with Crippen LogP contribution in [0.1, 0.15) is 78.1 Å². The summed E-state index contributed by atoms with van der Waals surface area (Å²) in [4.78, 5) is 11.6. The Morgan fingerprint density at radius 2 is 1.70 bits per heavy atom. The molecule has 0 spiro atoms. The minimum atomic E-state index is -0.0168. The molecular weight excluding hydrogens is 252 g/mol. The Kier molecular flexibility index (Phi) is 14.4. The van der Waals surface area contributed by atoms with Gasteiger partial charge in [0.1, 0.15) is 0 Å². The van der Waals surface area contributed by atoms with Crippen LogP contribution in [0.4, 0.5) is 0 Å². The second kappa shape index (κ2) is 14.8. The second-order valence-corrected chi connectivity index (χ2v) is 5.61. The molecule has 0 amide bonds. The number of hydrogen-bond donors (Lipinski definition) is 0. The first kappa shape index (κ1) is 19.4. The molecule has 0 heterocycles. The molecule has 1 atom stereocenters. The van der Waals surface area contributed by atoms with Crippen molar-refractivity contribution in [3.8, 4) is 0 Å². The highest BCUT2D eigenvalue weighted by molar-refractivity contribution is 5.69. The average molecular weight is 286 g/mol. The SMILES string of the molecule is CCCCC(CC)COC(=O)CCCCCCCOC. The van der Waals surface area contributed by atoms with Gasteiger partial charge in [-0.2, -0.15) is 0 Å². The van der Waals surface area contributed by atoms with E-state index in [0.717, 1.165) is 32.3 Å². The lowest BCUT2D eigenvalue weighted by Crippen LogP contribution is -2.13. The van der Waals surface area contributed by atoms with Gasteiger partial charge in [-0.3, -0.25) is 4.79 Å². The molecule has 0 bridgehead atoms. The van der Waals surface area contributed by atoms with E-state index in [-0.39, 0.29) is 5.97 Å². The molecular formula is C17H34O3. The number of hydrogen-bond acceptors (Lipinski definition) is 3. The van der Waals surface area contributed by atoms with E-state index in [0.29, 0.717) is 18.9 Å². The molecule has 3 heteroatoms. The molecule has 0 rings (SSSR count). The lowest BCUT2D eigenvalue weighted by atomic mass is 10.0. The van der Waals surface area contributed by atoms with Crippen LogP contribution in [0.15, 0.2) is 0 Å².